The van der Waals surface area contributed by atoms with Crippen molar-refractivity contribution in [2.45, 2.75) is 79.4 Å². The summed E-state index contributed by atoms with van der Waals surface area (Å²) in [7, 11) is 0. The number of esters is 2. The van der Waals surface area contributed by atoms with Crippen LogP contribution in [0.1, 0.15) is 67.2 Å². The van der Waals surface area contributed by atoms with Crippen molar-refractivity contribution in [1.82, 2.24) is 0 Å². The highest BCUT2D eigenvalue weighted by Gasteiger charge is 2.54. The molecule has 2 aliphatic carbocycles. The third kappa shape index (κ3) is 5.58. The number of rotatable bonds is 7. The SMILES string of the molecule is C=C1[C@H](OC(=O)/C=C(\C)CC)C[C@@H](CC(C)C)[C@@H]2[C@@H]([C@@H](C)OC(C)=O)C(=O)C[C@@H]12. The molecule has 2 aliphatic rings. The molecule has 0 aliphatic heterocycles. The lowest BCUT2D eigenvalue weighted by Gasteiger charge is -2.43. The van der Waals surface area contributed by atoms with E-state index in [4.69, 9.17) is 9.47 Å². The zero-order valence-corrected chi connectivity index (χ0v) is 18.7. The third-order valence-electron chi connectivity index (χ3n) is 6.44. The van der Waals surface area contributed by atoms with E-state index in [-0.39, 0.29) is 47.5 Å². The number of carbonyl (C=O) groups excluding carboxylic acids is 3. The number of ketones is 1. The van der Waals surface area contributed by atoms with Crippen LogP contribution in [0.2, 0.25) is 0 Å². The fourth-order valence-electron chi connectivity index (χ4n) is 5.15. The summed E-state index contributed by atoms with van der Waals surface area (Å²) in [5, 5.41) is 0. The Morgan fingerprint density at radius 2 is 1.90 bits per heavy atom. The van der Waals surface area contributed by atoms with Crippen molar-refractivity contribution in [2.75, 3.05) is 0 Å². The van der Waals surface area contributed by atoms with E-state index < -0.39 is 6.10 Å². The molecule has 0 bridgehead atoms. The summed E-state index contributed by atoms with van der Waals surface area (Å²) in [5.41, 5.74) is 1.80. The Kier molecular flexibility index (Phi) is 7.84. The largest absolute Gasteiger partial charge is 0.462 e. The molecule has 0 N–H and O–H groups in total. The summed E-state index contributed by atoms with van der Waals surface area (Å²) in [6.07, 6.45) is 3.50. The summed E-state index contributed by atoms with van der Waals surface area (Å²) in [6.45, 7) is 15.6. The van der Waals surface area contributed by atoms with Gasteiger partial charge in [0.05, 0.1) is 5.92 Å². The van der Waals surface area contributed by atoms with Crippen molar-refractivity contribution in [3.8, 4) is 0 Å². The monoisotopic (exact) mass is 404 g/mol. The Labute approximate surface area is 174 Å². The van der Waals surface area contributed by atoms with Crippen molar-refractivity contribution in [1.29, 1.82) is 0 Å². The maximum atomic E-state index is 12.9. The summed E-state index contributed by atoms with van der Waals surface area (Å²) in [6, 6.07) is 0. The van der Waals surface area contributed by atoms with E-state index in [0.29, 0.717) is 18.8 Å². The Morgan fingerprint density at radius 1 is 1.24 bits per heavy atom. The number of allylic oxidation sites excluding steroid dienone is 1. The molecule has 0 radical (unpaired) electrons. The maximum absolute atomic E-state index is 12.9. The van der Waals surface area contributed by atoms with Gasteiger partial charge in [0.2, 0.25) is 0 Å². The van der Waals surface area contributed by atoms with E-state index in [1.54, 1.807) is 6.08 Å². The van der Waals surface area contributed by atoms with Gasteiger partial charge in [-0.15, -0.1) is 0 Å². The molecular formula is C24H36O5. The van der Waals surface area contributed by atoms with Crippen LogP contribution in [0.5, 0.6) is 0 Å². The van der Waals surface area contributed by atoms with Gasteiger partial charge in [0.1, 0.15) is 18.0 Å². The third-order valence-corrected chi connectivity index (χ3v) is 6.44. The quantitative estimate of drug-likeness (QED) is 0.351. The molecule has 2 rings (SSSR count). The van der Waals surface area contributed by atoms with Crippen LogP contribution in [0.15, 0.2) is 23.8 Å². The standard InChI is InChI=1S/C24H36O5/c1-8-14(4)10-22(27)29-21-11-18(9-13(2)3)24-19(15(21)5)12-20(26)23(24)16(6)28-17(7)25/h10,13,16,18-19,21,23-24H,5,8-9,11-12H2,1-4,6-7H3/b14-10+/t16-,18-,19+,21-,23+,24+/m1/s1. The lowest BCUT2D eigenvalue weighted by atomic mass is 9.64. The molecule has 0 unspecified atom stereocenters. The van der Waals surface area contributed by atoms with Gasteiger partial charge in [0, 0.05) is 19.4 Å². The predicted molar refractivity (Wildman–Crippen MR) is 112 cm³/mol. The molecule has 6 atom stereocenters. The Hall–Kier alpha value is -1.91. The van der Waals surface area contributed by atoms with Gasteiger partial charge in [-0.3, -0.25) is 9.59 Å². The van der Waals surface area contributed by atoms with E-state index >= 15 is 0 Å². The highest BCUT2D eigenvalue weighted by molar-refractivity contribution is 5.86. The van der Waals surface area contributed by atoms with Crippen molar-refractivity contribution in [3.05, 3.63) is 23.8 Å². The van der Waals surface area contributed by atoms with Crippen LogP contribution in [0.3, 0.4) is 0 Å². The molecule has 2 saturated carbocycles. The van der Waals surface area contributed by atoms with Gasteiger partial charge in [-0.05, 0) is 62.4 Å². The Morgan fingerprint density at radius 3 is 2.45 bits per heavy atom. The minimum atomic E-state index is -0.452. The molecule has 0 aromatic heterocycles. The van der Waals surface area contributed by atoms with Crippen LogP contribution in [-0.2, 0) is 23.9 Å². The van der Waals surface area contributed by atoms with Gasteiger partial charge >= 0.3 is 11.9 Å². The number of Topliss-reactive ketones (excluding diaryl/α,β-unsaturated/α-hetero) is 1. The number of carbonyl (C=O) groups is 3. The van der Waals surface area contributed by atoms with E-state index in [2.05, 4.69) is 20.4 Å². The highest BCUT2D eigenvalue weighted by atomic mass is 16.5. The minimum Gasteiger partial charge on any atom is -0.462 e. The molecule has 0 amide bonds. The number of ether oxygens (including phenoxy) is 2. The number of fused-ring (bicyclic) bond motifs is 1. The number of hydrogen-bond acceptors (Lipinski definition) is 5. The first-order valence-corrected chi connectivity index (χ1v) is 10.8. The van der Waals surface area contributed by atoms with Gasteiger partial charge in [-0.2, -0.15) is 0 Å². The summed E-state index contributed by atoms with van der Waals surface area (Å²) >= 11 is 0. The van der Waals surface area contributed by atoms with Crippen LogP contribution in [0.4, 0.5) is 0 Å². The molecule has 0 aromatic rings. The molecule has 29 heavy (non-hydrogen) atoms. The average molecular weight is 405 g/mol. The molecule has 2 fully saturated rings. The van der Waals surface area contributed by atoms with E-state index in [0.717, 1.165) is 24.0 Å². The summed E-state index contributed by atoms with van der Waals surface area (Å²) in [4.78, 5) is 36.7. The van der Waals surface area contributed by atoms with Gasteiger partial charge < -0.3 is 9.47 Å². The van der Waals surface area contributed by atoms with Crippen molar-refractivity contribution in [2.24, 2.45) is 29.6 Å². The first-order valence-electron chi connectivity index (χ1n) is 10.8. The van der Waals surface area contributed by atoms with Crippen molar-refractivity contribution < 1.29 is 23.9 Å². The molecule has 0 aromatic carbocycles. The smallest absolute Gasteiger partial charge is 0.331 e. The first kappa shape index (κ1) is 23.4. The number of hydrogen-bond donors (Lipinski definition) is 0. The second-order valence-electron chi connectivity index (χ2n) is 9.16. The molecule has 5 nitrogen and oxygen atoms in total. The highest BCUT2D eigenvalue weighted by Crippen LogP contribution is 2.53. The fraction of sp³-hybridized carbons (Fsp3) is 0.708. The van der Waals surface area contributed by atoms with Crippen LogP contribution in [0, 0.1) is 29.6 Å². The zero-order valence-electron chi connectivity index (χ0n) is 18.7. The van der Waals surface area contributed by atoms with Crippen LogP contribution in [-0.4, -0.2) is 29.9 Å². The van der Waals surface area contributed by atoms with Crippen molar-refractivity contribution in [3.63, 3.8) is 0 Å². The molecule has 0 saturated heterocycles. The normalized spacial score (nSPS) is 30.9. The summed E-state index contributed by atoms with van der Waals surface area (Å²) < 4.78 is 11.2. The van der Waals surface area contributed by atoms with Gasteiger partial charge in [-0.1, -0.05) is 32.9 Å². The van der Waals surface area contributed by atoms with Crippen LogP contribution in [0.25, 0.3) is 0 Å². The Balaban J connectivity index is 2.28. The predicted octanol–water partition coefficient (Wildman–Crippen LogP) is 4.65. The zero-order chi connectivity index (χ0) is 21.9. The molecule has 0 spiro atoms. The van der Waals surface area contributed by atoms with Gasteiger partial charge in [0.15, 0.2) is 0 Å². The topological polar surface area (TPSA) is 69.7 Å². The molecular weight excluding hydrogens is 368 g/mol. The van der Waals surface area contributed by atoms with E-state index in [9.17, 15) is 14.4 Å². The first-order chi connectivity index (χ1) is 13.5. The lowest BCUT2D eigenvalue weighted by molar-refractivity contribution is -0.152. The maximum Gasteiger partial charge on any atom is 0.331 e. The second-order valence-corrected chi connectivity index (χ2v) is 9.16. The second kappa shape index (κ2) is 9.73. The van der Waals surface area contributed by atoms with Gasteiger partial charge in [0.25, 0.3) is 0 Å². The van der Waals surface area contributed by atoms with Crippen LogP contribution < -0.4 is 0 Å². The lowest BCUT2D eigenvalue weighted by Crippen LogP contribution is -2.42. The fourth-order valence-corrected chi connectivity index (χ4v) is 5.15. The Bertz CT molecular complexity index is 689. The van der Waals surface area contributed by atoms with E-state index in [1.165, 1.54) is 6.92 Å². The molecule has 0 heterocycles. The van der Waals surface area contributed by atoms with Gasteiger partial charge in [-0.25, -0.2) is 4.79 Å². The molecule has 5 heteroatoms. The van der Waals surface area contributed by atoms with Crippen LogP contribution >= 0.6 is 0 Å². The van der Waals surface area contributed by atoms with E-state index in [1.807, 2.05) is 20.8 Å². The molecule has 162 valence electrons. The average Bonchev–Trinajstić information content (AvgIpc) is 2.95. The summed E-state index contributed by atoms with van der Waals surface area (Å²) in [5.74, 6) is -0.188. The minimum absolute atomic E-state index is 0.0305. The van der Waals surface area contributed by atoms with Crippen molar-refractivity contribution >= 4 is 17.7 Å².